The predicted molar refractivity (Wildman–Crippen MR) is 113 cm³/mol. The summed E-state index contributed by atoms with van der Waals surface area (Å²) in [6.07, 6.45) is 4.77. The largest absolute Gasteiger partial charge is 0.352 e. The highest BCUT2D eigenvalue weighted by Gasteiger charge is 2.44. The Bertz CT molecular complexity index is 857. The Hall–Kier alpha value is -1.45. The number of sulfone groups is 1. The van der Waals surface area contributed by atoms with E-state index in [-0.39, 0.29) is 29.9 Å². The van der Waals surface area contributed by atoms with E-state index in [0.717, 1.165) is 32.1 Å². The molecule has 2 aliphatic rings. The molecule has 1 N–H and O–H groups in total. The van der Waals surface area contributed by atoms with E-state index in [2.05, 4.69) is 10.5 Å². The summed E-state index contributed by atoms with van der Waals surface area (Å²) in [5.74, 6) is -0.276. The molecule has 1 aromatic heterocycles. The minimum absolute atomic E-state index is 0.0430. The van der Waals surface area contributed by atoms with Gasteiger partial charge in [-0.1, -0.05) is 19.0 Å². The van der Waals surface area contributed by atoms with Gasteiger partial charge < -0.3 is 14.0 Å². The van der Waals surface area contributed by atoms with E-state index in [0.29, 0.717) is 12.3 Å². The van der Waals surface area contributed by atoms with Crippen LogP contribution in [0.5, 0.6) is 0 Å². The highest BCUT2D eigenvalue weighted by molar-refractivity contribution is 7.93. The molecule has 1 amide bonds. The number of nitrogens with one attached hydrogen (secondary N) is 1. The number of carbonyl (C=O) groups is 1. The van der Waals surface area contributed by atoms with Crippen LogP contribution in [0.4, 0.5) is 5.88 Å². The van der Waals surface area contributed by atoms with Crippen LogP contribution in [-0.2, 0) is 29.5 Å². The van der Waals surface area contributed by atoms with Gasteiger partial charge in [-0.15, -0.1) is 0 Å². The monoisotopic (exact) mass is 442 g/mol. The van der Waals surface area contributed by atoms with Gasteiger partial charge in [-0.2, -0.15) is 0 Å². The zero-order valence-corrected chi connectivity index (χ0v) is 19.4. The molecule has 0 bridgehead atoms. The molecule has 0 aromatic carbocycles. The number of hydrogen-bond acceptors (Lipinski definition) is 7. The molecule has 170 valence electrons. The third-order valence-electron chi connectivity index (χ3n) is 5.98. The fraction of sp³-hybridized carbons (Fsp3) is 0.810. The average Bonchev–Trinajstić information content (AvgIpc) is 3.32. The predicted octanol–water partition coefficient (Wildman–Crippen LogP) is 3.43. The summed E-state index contributed by atoms with van der Waals surface area (Å²) in [5.41, 5.74) is 0.143. The van der Waals surface area contributed by atoms with Crippen LogP contribution in [0.3, 0.4) is 0 Å². The summed E-state index contributed by atoms with van der Waals surface area (Å²) in [6.45, 7) is 9.21. The van der Waals surface area contributed by atoms with Crippen molar-refractivity contribution in [2.45, 2.75) is 89.3 Å². The van der Waals surface area contributed by atoms with E-state index in [1.807, 2.05) is 20.8 Å². The molecule has 0 radical (unpaired) electrons. The third kappa shape index (κ3) is 5.42. The number of rotatable bonds is 9. The van der Waals surface area contributed by atoms with Gasteiger partial charge in [0.2, 0.25) is 11.8 Å². The minimum atomic E-state index is -3.57. The maximum atomic E-state index is 12.7. The van der Waals surface area contributed by atoms with Crippen LogP contribution < -0.4 is 5.32 Å². The lowest BCUT2D eigenvalue weighted by atomic mass is 9.90. The summed E-state index contributed by atoms with van der Waals surface area (Å²) in [4.78, 5) is 12.7. The zero-order valence-electron chi connectivity index (χ0n) is 18.6. The molecule has 30 heavy (non-hydrogen) atoms. The first-order chi connectivity index (χ1) is 13.9. The van der Waals surface area contributed by atoms with Gasteiger partial charge in [0.25, 0.3) is 0 Å². The maximum Gasteiger partial charge on any atom is 0.247 e. The lowest BCUT2D eigenvalue weighted by Gasteiger charge is -2.30. The first-order valence-corrected chi connectivity index (χ1v) is 12.3. The molecule has 9 heteroatoms. The Balaban J connectivity index is 1.59. The van der Waals surface area contributed by atoms with Crippen molar-refractivity contribution in [1.29, 1.82) is 0 Å². The summed E-state index contributed by atoms with van der Waals surface area (Å²) < 4.78 is 40.7. The van der Waals surface area contributed by atoms with Crippen molar-refractivity contribution >= 4 is 21.6 Å². The Labute approximate surface area is 179 Å². The van der Waals surface area contributed by atoms with Crippen molar-refractivity contribution in [2.24, 2.45) is 5.92 Å². The molecule has 1 aliphatic carbocycles. The van der Waals surface area contributed by atoms with Gasteiger partial charge in [0, 0.05) is 11.5 Å². The van der Waals surface area contributed by atoms with E-state index >= 15 is 0 Å². The number of ether oxygens (including phenoxy) is 2. The Morgan fingerprint density at radius 1 is 1.23 bits per heavy atom. The van der Waals surface area contributed by atoms with Crippen molar-refractivity contribution < 1.29 is 27.2 Å². The molecule has 1 aromatic rings. The molecule has 1 aliphatic heterocycles. The van der Waals surface area contributed by atoms with E-state index in [1.54, 1.807) is 6.07 Å². The van der Waals surface area contributed by atoms with Gasteiger partial charge in [-0.3, -0.25) is 10.1 Å². The van der Waals surface area contributed by atoms with Crippen LogP contribution in [-0.4, -0.2) is 49.0 Å². The minimum Gasteiger partial charge on any atom is -0.352 e. The van der Waals surface area contributed by atoms with Crippen LogP contribution in [0.2, 0.25) is 0 Å². The van der Waals surface area contributed by atoms with Crippen LogP contribution >= 0.6 is 0 Å². The molecule has 3 rings (SSSR count). The lowest BCUT2D eigenvalue weighted by molar-refractivity contribution is -0.195. The van der Waals surface area contributed by atoms with E-state index < -0.39 is 25.9 Å². The molecule has 1 saturated heterocycles. The molecule has 2 heterocycles. The fourth-order valence-electron chi connectivity index (χ4n) is 3.32. The van der Waals surface area contributed by atoms with Gasteiger partial charge in [-0.25, -0.2) is 8.42 Å². The second-order valence-corrected chi connectivity index (χ2v) is 12.4. The molecule has 0 spiro atoms. The van der Waals surface area contributed by atoms with Crippen LogP contribution in [0.15, 0.2) is 10.6 Å². The number of anilines is 1. The normalized spacial score (nSPS) is 23.4. The van der Waals surface area contributed by atoms with Crippen LogP contribution in [0.1, 0.15) is 72.4 Å². The molecule has 1 saturated carbocycles. The van der Waals surface area contributed by atoms with E-state index in [9.17, 15) is 13.2 Å². The number of aromatic nitrogens is 1. The molecular weight excluding hydrogens is 408 g/mol. The number of amides is 1. The van der Waals surface area contributed by atoms with E-state index in [1.165, 1.54) is 13.8 Å². The average molecular weight is 443 g/mol. The van der Waals surface area contributed by atoms with Crippen molar-refractivity contribution in [2.75, 3.05) is 17.7 Å². The molecule has 1 unspecified atom stereocenters. The second-order valence-electron chi connectivity index (χ2n) is 9.77. The maximum absolute atomic E-state index is 12.7. The van der Waals surface area contributed by atoms with Gasteiger partial charge in [0.1, 0.15) is 4.75 Å². The quantitative estimate of drug-likeness (QED) is 0.624. The highest BCUT2D eigenvalue weighted by Crippen LogP contribution is 2.34. The smallest absolute Gasteiger partial charge is 0.247 e. The first-order valence-electron chi connectivity index (χ1n) is 10.7. The highest BCUT2D eigenvalue weighted by atomic mass is 32.2. The van der Waals surface area contributed by atoms with Gasteiger partial charge >= 0.3 is 0 Å². The van der Waals surface area contributed by atoms with Crippen LogP contribution in [0.25, 0.3) is 0 Å². The van der Waals surface area contributed by atoms with Crippen molar-refractivity contribution in [3.63, 3.8) is 0 Å². The van der Waals surface area contributed by atoms with Gasteiger partial charge in [0.15, 0.2) is 16.1 Å². The molecule has 2 fully saturated rings. The van der Waals surface area contributed by atoms with Gasteiger partial charge in [0.05, 0.1) is 24.2 Å². The third-order valence-corrected chi connectivity index (χ3v) is 8.63. The summed E-state index contributed by atoms with van der Waals surface area (Å²) >= 11 is 0. The molecule has 2 atom stereocenters. The number of hydrogen-bond donors (Lipinski definition) is 1. The van der Waals surface area contributed by atoms with E-state index in [4.69, 9.17) is 14.0 Å². The van der Waals surface area contributed by atoms with Crippen LogP contribution in [0, 0.1) is 5.92 Å². The Kier molecular flexibility index (Phi) is 6.65. The molecular formula is C21H34N2O6S. The van der Waals surface area contributed by atoms with Gasteiger partial charge in [-0.05, 0) is 58.8 Å². The Morgan fingerprint density at radius 3 is 2.57 bits per heavy atom. The zero-order chi connectivity index (χ0) is 22.2. The van der Waals surface area contributed by atoms with Crippen molar-refractivity contribution in [1.82, 2.24) is 5.16 Å². The fourth-order valence-corrected chi connectivity index (χ4v) is 5.03. The summed E-state index contributed by atoms with van der Waals surface area (Å²) in [6, 6.07) is 1.62. The van der Waals surface area contributed by atoms with Crippen molar-refractivity contribution in [3.05, 3.63) is 11.8 Å². The lowest BCUT2D eigenvalue weighted by Crippen LogP contribution is -2.45. The van der Waals surface area contributed by atoms with Crippen molar-refractivity contribution in [3.8, 4) is 0 Å². The molecule has 8 nitrogen and oxygen atoms in total. The standard InChI is InChI=1S/C21H34N2O6S/c1-14-7-6-8-18(28-14)27-13-20(2,3)16-11-17(29-23-16)22-19(24)21(4,5)30(25,26)12-15-9-10-15/h11,14-15,18H,6-10,12-13H2,1-5H3,(H,22,24)/t14-,18?/m0/s1. The second kappa shape index (κ2) is 8.59. The first kappa shape index (κ1) is 23.2. The SMILES string of the molecule is C[C@H]1CCCC(OCC(C)(C)c2cc(NC(=O)C(C)(C)S(=O)(=O)CC3CC3)on2)O1. The topological polar surface area (TPSA) is 108 Å². The Morgan fingerprint density at radius 2 is 1.93 bits per heavy atom. The summed E-state index contributed by atoms with van der Waals surface area (Å²) in [5, 5.41) is 6.64. The number of carbonyl (C=O) groups excluding carboxylic acids is 1. The summed E-state index contributed by atoms with van der Waals surface area (Å²) in [7, 11) is -3.57. The number of nitrogens with zero attached hydrogens (tertiary/aromatic N) is 1.